The van der Waals surface area contributed by atoms with Crippen molar-refractivity contribution in [1.29, 1.82) is 0 Å². The first-order chi connectivity index (χ1) is 8.22. The van der Waals surface area contributed by atoms with Gasteiger partial charge in [-0.15, -0.1) is 0 Å². The predicted molar refractivity (Wildman–Crippen MR) is 68.9 cm³/mol. The van der Waals surface area contributed by atoms with Crippen molar-refractivity contribution in [2.24, 2.45) is 0 Å². The molecule has 0 aliphatic rings. The van der Waals surface area contributed by atoms with E-state index in [0.717, 1.165) is 17.0 Å². The number of hydrogen-bond donors (Lipinski definition) is 2. The Labute approximate surface area is 100 Å². The van der Waals surface area contributed by atoms with Gasteiger partial charge in [-0.2, -0.15) is 0 Å². The van der Waals surface area contributed by atoms with Crippen molar-refractivity contribution in [2.75, 3.05) is 30.8 Å². The van der Waals surface area contributed by atoms with Gasteiger partial charge in [0.2, 0.25) is 0 Å². The first-order valence-electron chi connectivity index (χ1n) is 5.48. The summed E-state index contributed by atoms with van der Waals surface area (Å²) in [6.45, 7) is 0.707. The maximum atomic E-state index is 8.92. The summed E-state index contributed by atoms with van der Waals surface area (Å²) >= 11 is 0. The molecule has 1 aromatic heterocycles. The quantitative estimate of drug-likeness (QED) is 0.791. The zero-order chi connectivity index (χ0) is 12.3. The van der Waals surface area contributed by atoms with Crippen LogP contribution in [0.25, 0.3) is 11.3 Å². The van der Waals surface area contributed by atoms with E-state index in [9.17, 15) is 0 Å². The van der Waals surface area contributed by atoms with Crippen LogP contribution in [0.15, 0.2) is 41.0 Å². The molecule has 0 aliphatic carbocycles. The molecule has 90 valence electrons. The van der Waals surface area contributed by atoms with E-state index < -0.39 is 0 Å². The van der Waals surface area contributed by atoms with Gasteiger partial charge in [0.05, 0.1) is 12.9 Å². The van der Waals surface area contributed by atoms with Crippen LogP contribution in [0.4, 0.5) is 11.4 Å². The number of likely N-dealkylation sites (N-methyl/N-ethyl adjacent to an activating group) is 1. The fraction of sp³-hybridized carbons (Fsp3) is 0.231. The maximum Gasteiger partial charge on any atom is 0.135 e. The van der Waals surface area contributed by atoms with Gasteiger partial charge in [-0.1, -0.05) is 0 Å². The SMILES string of the molecule is CN(CCO)c1ccc(N)c(-c2ccco2)c1. The molecule has 4 nitrogen and oxygen atoms in total. The van der Waals surface area contributed by atoms with Crippen LogP contribution in [0.1, 0.15) is 0 Å². The second-order valence-corrected chi connectivity index (χ2v) is 3.89. The lowest BCUT2D eigenvalue weighted by Gasteiger charge is -2.19. The van der Waals surface area contributed by atoms with Crippen LogP contribution in [0.2, 0.25) is 0 Å². The lowest BCUT2D eigenvalue weighted by atomic mass is 10.1. The summed E-state index contributed by atoms with van der Waals surface area (Å²) in [5.74, 6) is 0.752. The topological polar surface area (TPSA) is 62.6 Å². The van der Waals surface area contributed by atoms with Gasteiger partial charge in [-0.25, -0.2) is 0 Å². The number of anilines is 2. The number of benzene rings is 1. The molecule has 0 amide bonds. The van der Waals surface area contributed by atoms with Crippen LogP contribution >= 0.6 is 0 Å². The van der Waals surface area contributed by atoms with Crippen molar-refractivity contribution < 1.29 is 9.52 Å². The molecule has 4 heteroatoms. The third-order valence-electron chi connectivity index (χ3n) is 2.70. The Bertz CT molecular complexity index is 480. The highest BCUT2D eigenvalue weighted by Gasteiger charge is 2.08. The molecule has 0 unspecified atom stereocenters. The molecule has 3 N–H and O–H groups in total. The molecule has 17 heavy (non-hydrogen) atoms. The minimum absolute atomic E-state index is 0.122. The lowest BCUT2D eigenvalue weighted by molar-refractivity contribution is 0.304. The minimum Gasteiger partial charge on any atom is -0.464 e. The zero-order valence-electron chi connectivity index (χ0n) is 9.76. The number of hydrogen-bond acceptors (Lipinski definition) is 4. The monoisotopic (exact) mass is 232 g/mol. The third-order valence-corrected chi connectivity index (χ3v) is 2.70. The van der Waals surface area contributed by atoms with Gasteiger partial charge in [0.1, 0.15) is 5.76 Å². The fourth-order valence-corrected chi connectivity index (χ4v) is 1.71. The molecule has 1 aromatic carbocycles. The van der Waals surface area contributed by atoms with Crippen LogP contribution in [0, 0.1) is 0 Å². The molecule has 1 heterocycles. The largest absolute Gasteiger partial charge is 0.464 e. The van der Waals surface area contributed by atoms with Crippen LogP contribution in [-0.4, -0.2) is 25.3 Å². The molecule has 0 bridgehead atoms. The van der Waals surface area contributed by atoms with Crippen molar-refractivity contribution >= 4 is 11.4 Å². The van der Waals surface area contributed by atoms with Crippen LogP contribution in [0.5, 0.6) is 0 Å². The van der Waals surface area contributed by atoms with Gasteiger partial charge in [-0.3, -0.25) is 0 Å². The number of nitrogen functional groups attached to an aromatic ring is 1. The highest BCUT2D eigenvalue weighted by molar-refractivity contribution is 5.76. The van der Waals surface area contributed by atoms with Crippen LogP contribution in [-0.2, 0) is 0 Å². The number of aliphatic hydroxyl groups is 1. The number of furan rings is 1. The molecule has 0 radical (unpaired) electrons. The lowest BCUT2D eigenvalue weighted by Crippen LogP contribution is -2.21. The summed E-state index contributed by atoms with van der Waals surface area (Å²) in [5.41, 5.74) is 8.48. The Hall–Kier alpha value is -1.94. The Kier molecular flexibility index (Phi) is 3.35. The average molecular weight is 232 g/mol. The highest BCUT2D eigenvalue weighted by atomic mass is 16.3. The Morgan fingerprint density at radius 2 is 2.18 bits per heavy atom. The molecule has 0 atom stereocenters. The highest BCUT2D eigenvalue weighted by Crippen LogP contribution is 2.30. The van der Waals surface area contributed by atoms with Gasteiger partial charge in [0.25, 0.3) is 0 Å². The van der Waals surface area contributed by atoms with E-state index in [2.05, 4.69) is 0 Å². The van der Waals surface area contributed by atoms with E-state index in [1.54, 1.807) is 6.26 Å². The van der Waals surface area contributed by atoms with Gasteiger partial charge in [-0.05, 0) is 30.3 Å². The number of nitrogens with zero attached hydrogens (tertiary/aromatic N) is 1. The average Bonchev–Trinajstić information content (AvgIpc) is 2.83. The van der Waals surface area contributed by atoms with E-state index >= 15 is 0 Å². The van der Waals surface area contributed by atoms with E-state index in [1.807, 2.05) is 42.3 Å². The smallest absolute Gasteiger partial charge is 0.135 e. The van der Waals surface area contributed by atoms with E-state index in [-0.39, 0.29) is 6.61 Å². The second kappa shape index (κ2) is 4.93. The van der Waals surface area contributed by atoms with Crippen molar-refractivity contribution in [3.8, 4) is 11.3 Å². The molecule has 0 saturated heterocycles. The summed E-state index contributed by atoms with van der Waals surface area (Å²) in [5, 5.41) is 8.92. The molecular formula is C13H16N2O2. The summed E-state index contributed by atoms with van der Waals surface area (Å²) in [6.07, 6.45) is 1.62. The summed E-state index contributed by atoms with van der Waals surface area (Å²) < 4.78 is 5.35. The molecule has 0 aliphatic heterocycles. The first-order valence-corrected chi connectivity index (χ1v) is 5.48. The Morgan fingerprint density at radius 1 is 1.35 bits per heavy atom. The number of rotatable bonds is 4. The van der Waals surface area contributed by atoms with Gasteiger partial charge in [0, 0.05) is 30.5 Å². The van der Waals surface area contributed by atoms with Crippen molar-refractivity contribution in [2.45, 2.75) is 0 Å². The van der Waals surface area contributed by atoms with Crippen molar-refractivity contribution in [3.63, 3.8) is 0 Å². The number of aliphatic hydroxyl groups excluding tert-OH is 1. The standard InChI is InChI=1S/C13H16N2O2/c1-15(6-7-16)10-4-5-12(14)11(9-10)13-3-2-8-17-13/h2-5,8-9,16H,6-7,14H2,1H3. The molecule has 0 saturated carbocycles. The molecule has 0 fully saturated rings. The minimum atomic E-state index is 0.122. The molecule has 2 aromatic rings. The molecule has 2 rings (SSSR count). The van der Waals surface area contributed by atoms with Crippen LogP contribution in [0.3, 0.4) is 0 Å². The van der Waals surface area contributed by atoms with Crippen molar-refractivity contribution in [1.82, 2.24) is 0 Å². The van der Waals surface area contributed by atoms with Gasteiger partial charge >= 0.3 is 0 Å². The summed E-state index contributed by atoms with van der Waals surface area (Å²) in [4.78, 5) is 1.96. The van der Waals surface area contributed by atoms with E-state index in [1.165, 1.54) is 0 Å². The predicted octanol–water partition coefficient (Wildman–Crippen LogP) is 1.96. The summed E-state index contributed by atoms with van der Waals surface area (Å²) in [6, 6.07) is 9.45. The van der Waals surface area contributed by atoms with E-state index in [0.29, 0.717) is 12.2 Å². The van der Waals surface area contributed by atoms with Crippen LogP contribution < -0.4 is 10.6 Å². The molecule has 0 spiro atoms. The Balaban J connectivity index is 2.36. The van der Waals surface area contributed by atoms with Gasteiger partial charge in [0.15, 0.2) is 0 Å². The van der Waals surface area contributed by atoms with Crippen molar-refractivity contribution in [3.05, 3.63) is 36.6 Å². The fourth-order valence-electron chi connectivity index (χ4n) is 1.71. The van der Waals surface area contributed by atoms with E-state index in [4.69, 9.17) is 15.3 Å². The normalized spacial score (nSPS) is 10.5. The third kappa shape index (κ3) is 2.42. The second-order valence-electron chi connectivity index (χ2n) is 3.89. The Morgan fingerprint density at radius 3 is 2.82 bits per heavy atom. The molecular weight excluding hydrogens is 216 g/mol. The summed E-state index contributed by atoms with van der Waals surface area (Å²) in [7, 11) is 1.92. The first kappa shape index (κ1) is 11.5. The zero-order valence-corrected chi connectivity index (χ0v) is 9.76. The maximum absolute atomic E-state index is 8.92. The van der Waals surface area contributed by atoms with Gasteiger partial charge < -0.3 is 20.2 Å². The number of nitrogens with two attached hydrogens (primary N) is 1.